The van der Waals surface area contributed by atoms with Crippen LogP contribution >= 0.6 is 27.5 Å². The maximum absolute atomic E-state index is 12.0. The minimum Gasteiger partial charge on any atom is -0.485 e. The maximum atomic E-state index is 12.0. The van der Waals surface area contributed by atoms with Gasteiger partial charge in [0, 0.05) is 10.0 Å². The second-order valence-electron chi connectivity index (χ2n) is 4.10. The molecule has 98 valence electrons. The number of carbonyl (C=O) groups is 1. The van der Waals surface area contributed by atoms with Crippen LogP contribution in [0, 0.1) is 6.92 Å². The quantitative estimate of drug-likeness (QED) is 0.757. The molecular formula is C15H12BrClO2. The molecule has 19 heavy (non-hydrogen) atoms. The first-order valence-corrected chi connectivity index (χ1v) is 6.91. The molecule has 0 bridgehead atoms. The van der Waals surface area contributed by atoms with E-state index in [9.17, 15) is 4.79 Å². The number of carbonyl (C=O) groups excluding carboxylic acids is 1. The molecule has 0 radical (unpaired) electrons. The van der Waals surface area contributed by atoms with E-state index in [1.165, 1.54) is 0 Å². The Morgan fingerprint density at radius 1 is 1.26 bits per heavy atom. The topological polar surface area (TPSA) is 26.3 Å². The van der Waals surface area contributed by atoms with E-state index in [2.05, 4.69) is 15.9 Å². The van der Waals surface area contributed by atoms with Gasteiger partial charge in [-0.25, -0.2) is 0 Å². The monoisotopic (exact) mass is 338 g/mol. The molecule has 0 saturated heterocycles. The number of benzene rings is 2. The van der Waals surface area contributed by atoms with Gasteiger partial charge in [-0.15, -0.1) is 0 Å². The highest BCUT2D eigenvalue weighted by Gasteiger charge is 2.11. The normalized spacial score (nSPS) is 10.3. The van der Waals surface area contributed by atoms with E-state index in [1.54, 1.807) is 24.3 Å². The van der Waals surface area contributed by atoms with Gasteiger partial charge < -0.3 is 4.74 Å². The molecule has 0 aromatic heterocycles. The molecule has 0 aliphatic carbocycles. The minimum absolute atomic E-state index is 0.0268. The Bertz CT molecular complexity index is 611. The molecule has 0 heterocycles. The number of hydrogen-bond acceptors (Lipinski definition) is 2. The van der Waals surface area contributed by atoms with Crippen LogP contribution in [-0.4, -0.2) is 12.4 Å². The van der Waals surface area contributed by atoms with Crippen molar-refractivity contribution < 1.29 is 9.53 Å². The zero-order valence-electron chi connectivity index (χ0n) is 10.3. The number of halogens is 2. The van der Waals surface area contributed by atoms with Crippen LogP contribution in [-0.2, 0) is 0 Å². The predicted molar refractivity (Wildman–Crippen MR) is 80.2 cm³/mol. The number of hydrogen-bond donors (Lipinski definition) is 0. The standard InChI is InChI=1S/C15H12BrClO2/c1-10-6-7-11(16)8-15(10)19-9-14(18)12-4-2-3-5-13(12)17/h2-8H,9H2,1H3. The molecule has 0 amide bonds. The van der Waals surface area contributed by atoms with Crippen molar-refractivity contribution in [3.63, 3.8) is 0 Å². The molecule has 2 rings (SSSR count). The second kappa shape index (κ2) is 6.22. The summed E-state index contributed by atoms with van der Waals surface area (Å²) >= 11 is 9.35. The SMILES string of the molecule is Cc1ccc(Br)cc1OCC(=O)c1ccccc1Cl. The zero-order chi connectivity index (χ0) is 13.8. The van der Waals surface area contributed by atoms with Gasteiger partial charge in [-0.3, -0.25) is 4.79 Å². The zero-order valence-corrected chi connectivity index (χ0v) is 12.7. The molecule has 0 saturated carbocycles. The summed E-state index contributed by atoms with van der Waals surface area (Å²) in [5, 5.41) is 0.446. The lowest BCUT2D eigenvalue weighted by Crippen LogP contribution is -2.12. The third-order valence-electron chi connectivity index (χ3n) is 2.68. The van der Waals surface area contributed by atoms with E-state index in [4.69, 9.17) is 16.3 Å². The lowest BCUT2D eigenvalue weighted by Gasteiger charge is -2.09. The average molecular weight is 340 g/mol. The summed E-state index contributed by atoms with van der Waals surface area (Å²) in [5.74, 6) is 0.555. The van der Waals surface area contributed by atoms with Crippen molar-refractivity contribution in [3.05, 3.63) is 63.1 Å². The van der Waals surface area contributed by atoms with Gasteiger partial charge in [0.1, 0.15) is 5.75 Å². The van der Waals surface area contributed by atoms with Gasteiger partial charge in [0.25, 0.3) is 0 Å². The van der Waals surface area contributed by atoms with Crippen LogP contribution in [0.3, 0.4) is 0 Å². The van der Waals surface area contributed by atoms with Crippen molar-refractivity contribution in [1.82, 2.24) is 0 Å². The van der Waals surface area contributed by atoms with Crippen molar-refractivity contribution in [2.45, 2.75) is 6.92 Å². The predicted octanol–water partition coefficient (Wildman–Crippen LogP) is 4.67. The summed E-state index contributed by atoms with van der Waals surface area (Å²) in [5.41, 5.74) is 1.46. The van der Waals surface area contributed by atoms with Crippen LogP contribution in [0.1, 0.15) is 15.9 Å². The van der Waals surface area contributed by atoms with Crippen molar-refractivity contribution in [2.75, 3.05) is 6.61 Å². The summed E-state index contributed by atoms with van der Waals surface area (Å²) < 4.78 is 6.47. The van der Waals surface area contributed by atoms with Crippen LogP contribution in [0.2, 0.25) is 5.02 Å². The van der Waals surface area contributed by atoms with Crippen LogP contribution < -0.4 is 4.74 Å². The Kier molecular flexibility index (Phi) is 4.61. The van der Waals surface area contributed by atoms with E-state index < -0.39 is 0 Å². The Morgan fingerprint density at radius 3 is 2.74 bits per heavy atom. The molecule has 4 heteroatoms. The first kappa shape index (κ1) is 14.1. The molecule has 2 aromatic rings. The van der Waals surface area contributed by atoms with Crippen LogP contribution in [0.5, 0.6) is 5.75 Å². The van der Waals surface area contributed by atoms with Gasteiger partial charge in [0.15, 0.2) is 6.61 Å². The molecule has 2 nitrogen and oxygen atoms in total. The lowest BCUT2D eigenvalue weighted by atomic mass is 10.1. The lowest BCUT2D eigenvalue weighted by molar-refractivity contribution is 0.0921. The van der Waals surface area contributed by atoms with Gasteiger partial charge >= 0.3 is 0 Å². The number of ketones is 1. The largest absolute Gasteiger partial charge is 0.485 e. The first-order valence-electron chi connectivity index (χ1n) is 5.74. The van der Waals surface area contributed by atoms with Gasteiger partial charge in [0.2, 0.25) is 5.78 Å². The highest BCUT2D eigenvalue weighted by molar-refractivity contribution is 9.10. The first-order chi connectivity index (χ1) is 9.08. The van der Waals surface area contributed by atoms with E-state index in [0.29, 0.717) is 16.3 Å². The Labute approximate surface area is 125 Å². The molecule has 2 aromatic carbocycles. The third kappa shape index (κ3) is 3.58. The smallest absolute Gasteiger partial charge is 0.201 e. The minimum atomic E-state index is -0.134. The van der Waals surface area contributed by atoms with Gasteiger partial charge in [-0.1, -0.05) is 45.7 Å². The third-order valence-corrected chi connectivity index (χ3v) is 3.51. The van der Waals surface area contributed by atoms with E-state index >= 15 is 0 Å². The number of Topliss-reactive ketones (excluding diaryl/α,β-unsaturated/α-hetero) is 1. The molecule has 0 unspecified atom stereocenters. The summed E-state index contributed by atoms with van der Waals surface area (Å²) in [6.45, 7) is 1.91. The highest BCUT2D eigenvalue weighted by atomic mass is 79.9. The van der Waals surface area contributed by atoms with Crippen LogP contribution in [0.4, 0.5) is 0 Å². The molecule has 0 aliphatic rings. The Hall–Kier alpha value is -1.32. The van der Waals surface area contributed by atoms with Gasteiger partial charge in [-0.2, -0.15) is 0 Å². The van der Waals surface area contributed by atoms with Crippen molar-refractivity contribution >= 4 is 33.3 Å². The van der Waals surface area contributed by atoms with Crippen LogP contribution in [0.25, 0.3) is 0 Å². The van der Waals surface area contributed by atoms with E-state index in [0.717, 1.165) is 10.0 Å². The van der Waals surface area contributed by atoms with Gasteiger partial charge in [0.05, 0.1) is 5.02 Å². The Balaban J connectivity index is 2.09. The fourth-order valence-corrected chi connectivity index (χ4v) is 2.22. The van der Waals surface area contributed by atoms with E-state index in [-0.39, 0.29) is 12.4 Å². The summed E-state index contributed by atoms with van der Waals surface area (Å²) in [6.07, 6.45) is 0. The van der Waals surface area contributed by atoms with Crippen molar-refractivity contribution in [1.29, 1.82) is 0 Å². The number of ether oxygens (including phenoxy) is 1. The molecule has 0 N–H and O–H groups in total. The number of aryl methyl sites for hydroxylation is 1. The number of rotatable bonds is 4. The molecular weight excluding hydrogens is 328 g/mol. The van der Waals surface area contributed by atoms with Gasteiger partial charge in [-0.05, 0) is 36.8 Å². The van der Waals surface area contributed by atoms with Crippen molar-refractivity contribution in [2.24, 2.45) is 0 Å². The molecule has 0 atom stereocenters. The summed E-state index contributed by atoms with van der Waals surface area (Å²) in [4.78, 5) is 12.0. The second-order valence-corrected chi connectivity index (χ2v) is 5.42. The van der Waals surface area contributed by atoms with Crippen molar-refractivity contribution in [3.8, 4) is 5.75 Å². The molecule has 0 spiro atoms. The molecule has 0 fully saturated rings. The molecule has 0 aliphatic heterocycles. The summed E-state index contributed by atoms with van der Waals surface area (Å²) in [7, 11) is 0. The van der Waals surface area contributed by atoms with E-state index in [1.807, 2.05) is 25.1 Å². The highest BCUT2D eigenvalue weighted by Crippen LogP contribution is 2.23. The fraction of sp³-hybridized carbons (Fsp3) is 0.133. The fourth-order valence-electron chi connectivity index (χ4n) is 1.64. The Morgan fingerprint density at radius 2 is 2.00 bits per heavy atom. The average Bonchev–Trinajstić information content (AvgIpc) is 2.40. The maximum Gasteiger partial charge on any atom is 0.201 e. The van der Waals surface area contributed by atoms with Crippen LogP contribution in [0.15, 0.2) is 46.9 Å². The summed E-state index contributed by atoms with van der Waals surface area (Å²) in [6, 6.07) is 12.7.